The third-order valence-corrected chi connectivity index (χ3v) is 4.95. The second kappa shape index (κ2) is 6.08. The summed E-state index contributed by atoms with van der Waals surface area (Å²) in [4.78, 5) is 12.0. The molecule has 1 aliphatic rings. The molecule has 0 radical (unpaired) electrons. The Hall–Kier alpha value is -2.28. The van der Waals surface area contributed by atoms with Crippen LogP contribution in [0, 0.1) is 6.92 Å². The van der Waals surface area contributed by atoms with Crippen molar-refractivity contribution in [1.82, 2.24) is 20.2 Å². The molecule has 1 aliphatic heterocycles. The second-order valence-corrected chi connectivity index (χ2v) is 6.72. The Bertz CT molecular complexity index is 800. The van der Waals surface area contributed by atoms with E-state index in [1.54, 1.807) is 17.7 Å². The Morgan fingerprint density at radius 3 is 3.04 bits per heavy atom. The van der Waals surface area contributed by atoms with Gasteiger partial charge in [0.1, 0.15) is 17.0 Å². The molecule has 3 aromatic heterocycles. The van der Waals surface area contributed by atoms with Crippen LogP contribution in [0.15, 0.2) is 29.9 Å². The largest absolute Gasteiger partial charge is 0.365 e. The number of nitrogens with one attached hydrogen (secondary N) is 1. The molecular formula is C16H18N6S. The summed E-state index contributed by atoms with van der Waals surface area (Å²) in [5.41, 5.74) is 0.946. The van der Waals surface area contributed by atoms with Gasteiger partial charge in [-0.2, -0.15) is 5.10 Å². The Balaban J connectivity index is 1.51. The molecule has 0 saturated carbocycles. The number of rotatable bonds is 3. The van der Waals surface area contributed by atoms with Crippen molar-refractivity contribution in [3.05, 3.63) is 35.6 Å². The first-order chi connectivity index (χ1) is 11.3. The lowest BCUT2D eigenvalue weighted by Crippen LogP contribution is -2.42. The van der Waals surface area contributed by atoms with Gasteiger partial charge in [-0.05, 0) is 43.3 Å². The molecule has 1 atom stereocenters. The maximum atomic E-state index is 4.42. The third kappa shape index (κ3) is 2.96. The van der Waals surface area contributed by atoms with Crippen LogP contribution in [0.3, 0.4) is 0 Å². The van der Waals surface area contributed by atoms with Gasteiger partial charge < -0.3 is 10.2 Å². The van der Waals surface area contributed by atoms with Crippen LogP contribution in [0.4, 0.5) is 11.6 Å². The maximum absolute atomic E-state index is 4.42. The van der Waals surface area contributed by atoms with E-state index in [-0.39, 0.29) is 0 Å². The Morgan fingerprint density at radius 1 is 1.22 bits per heavy atom. The number of nitrogens with zero attached hydrogens (tertiary/aromatic N) is 5. The number of aryl methyl sites for hydroxylation is 1. The highest BCUT2D eigenvalue weighted by atomic mass is 32.1. The number of aromatic nitrogens is 4. The number of fused-ring (bicyclic) bond motifs is 1. The van der Waals surface area contributed by atoms with Crippen molar-refractivity contribution in [3.8, 4) is 0 Å². The van der Waals surface area contributed by atoms with Gasteiger partial charge in [0.2, 0.25) is 0 Å². The number of thiophene rings is 1. The summed E-state index contributed by atoms with van der Waals surface area (Å²) < 4.78 is 0. The molecule has 0 aliphatic carbocycles. The molecule has 0 bridgehead atoms. The standard InChI is InChI=1S/C16H18N6S/c1-11-4-5-14(21-20-11)22-7-2-3-12(9-22)19-15-13-6-8-23-16(13)18-10-17-15/h4-6,8,10,12H,2-3,7,9H2,1H3,(H,17,18,19)/t12-/m0/s1. The van der Waals surface area contributed by atoms with Gasteiger partial charge in [0.25, 0.3) is 0 Å². The summed E-state index contributed by atoms with van der Waals surface area (Å²) in [6.45, 7) is 3.89. The van der Waals surface area contributed by atoms with Gasteiger partial charge in [-0.3, -0.25) is 0 Å². The lowest BCUT2D eigenvalue weighted by atomic mass is 10.1. The summed E-state index contributed by atoms with van der Waals surface area (Å²) in [6.07, 6.45) is 3.89. The van der Waals surface area contributed by atoms with Crippen molar-refractivity contribution in [2.24, 2.45) is 0 Å². The van der Waals surface area contributed by atoms with Crippen molar-refractivity contribution >= 4 is 33.2 Å². The van der Waals surface area contributed by atoms with Crippen molar-refractivity contribution in [1.29, 1.82) is 0 Å². The monoisotopic (exact) mass is 326 g/mol. The van der Waals surface area contributed by atoms with Gasteiger partial charge in [0.05, 0.1) is 11.1 Å². The van der Waals surface area contributed by atoms with Gasteiger partial charge in [-0.25, -0.2) is 9.97 Å². The number of hydrogen-bond acceptors (Lipinski definition) is 7. The summed E-state index contributed by atoms with van der Waals surface area (Å²) in [6, 6.07) is 6.49. The lowest BCUT2D eigenvalue weighted by molar-refractivity contribution is 0.524. The molecule has 118 valence electrons. The number of hydrogen-bond donors (Lipinski definition) is 1. The zero-order chi connectivity index (χ0) is 15.6. The van der Waals surface area contributed by atoms with E-state index in [4.69, 9.17) is 0 Å². The van der Waals surface area contributed by atoms with Gasteiger partial charge in [-0.1, -0.05) is 0 Å². The molecule has 23 heavy (non-hydrogen) atoms. The molecular weight excluding hydrogens is 308 g/mol. The van der Waals surface area contributed by atoms with E-state index in [1.165, 1.54) is 0 Å². The number of anilines is 2. The van der Waals surface area contributed by atoms with Crippen molar-refractivity contribution in [2.45, 2.75) is 25.8 Å². The Morgan fingerprint density at radius 2 is 2.17 bits per heavy atom. The molecule has 4 rings (SSSR count). The average molecular weight is 326 g/mol. The predicted molar refractivity (Wildman–Crippen MR) is 93.0 cm³/mol. The zero-order valence-electron chi connectivity index (χ0n) is 12.9. The van der Waals surface area contributed by atoms with E-state index >= 15 is 0 Å². The molecule has 1 fully saturated rings. The minimum Gasteiger partial charge on any atom is -0.365 e. The predicted octanol–water partition coefficient (Wildman–Crippen LogP) is 2.87. The van der Waals surface area contributed by atoms with Crippen LogP contribution >= 0.6 is 11.3 Å². The van der Waals surface area contributed by atoms with Crippen LogP contribution in [0.1, 0.15) is 18.5 Å². The average Bonchev–Trinajstić information content (AvgIpc) is 3.06. The van der Waals surface area contributed by atoms with Gasteiger partial charge in [-0.15, -0.1) is 16.4 Å². The summed E-state index contributed by atoms with van der Waals surface area (Å²) in [5.74, 6) is 1.88. The van der Waals surface area contributed by atoms with E-state index in [9.17, 15) is 0 Å². The Labute approximate surface area is 138 Å². The third-order valence-electron chi connectivity index (χ3n) is 4.13. The van der Waals surface area contributed by atoms with Crippen LogP contribution in [0.5, 0.6) is 0 Å². The topological polar surface area (TPSA) is 66.8 Å². The Kier molecular flexibility index (Phi) is 3.78. The summed E-state index contributed by atoms with van der Waals surface area (Å²) >= 11 is 1.64. The fourth-order valence-corrected chi connectivity index (χ4v) is 3.69. The molecule has 0 amide bonds. The zero-order valence-corrected chi connectivity index (χ0v) is 13.8. The number of piperidine rings is 1. The molecule has 0 aromatic carbocycles. The molecule has 6 nitrogen and oxygen atoms in total. The van der Waals surface area contributed by atoms with Gasteiger partial charge >= 0.3 is 0 Å². The minimum absolute atomic E-state index is 0.352. The van der Waals surface area contributed by atoms with Crippen LogP contribution < -0.4 is 10.2 Å². The van der Waals surface area contributed by atoms with Crippen molar-refractivity contribution in [3.63, 3.8) is 0 Å². The fraction of sp³-hybridized carbons (Fsp3) is 0.375. The summed E-state index contributed by atoms with van der Waals surface area (Å²) in [7, 11) is 0. The van der Waals surface area contributed by atoms with Crippen LogP contribution in [0.2, 0.25) is 0 Å². The van der Waals surface area contributed by atoms with E-state index in [1.807, 2.05) is 19.1 Å². The lowest BCUT2D eigenvalue weighted by Gasteiger charge is -2.34. The van der Waals surface area contributed by atoms with E-state index in [0.717, 1.165) is 53.5 Å². The molecule has 1 saturated heterocycles. The molecule has 0 spiro atoms. The van der Waals surface area contributed by atoms with E-state index in [0.29, 0.717) is 6.04 Å². The molecule has 0 unspecified atom stereocenters. The van der Waals surface area contributed by atoms with Crippen LogP contribution in [-0.2, 0) is 0 Å². The van der Waals surface area contributed by atoms with Gasteiger partial charge in [0, 0.05) is 19.1 Å². The van der Waals surface area contributed by atoms with Gasteiger partial charge in [0.15, 0.2) is 5.82 Å². The summed E-state index contributed by atoms with van der Waals surface area (Å²) in [5, 5.41) is 15.2. The first kappa shape index (κ1) is 14.3. The highest BCUT2D eigenvalue weighted by Gasteiger charge is 2.22. The first-order valence-electron chi connectivity index (χ1n) is 7.79. The van der Waals surface area contributed by atoms with E-state index < -0.39 is 0 Å². The van der Waals surface area contributed by atoms with E-state index in [2.05, 4.69) is 41.8 Å². The molecule has 3 aromatic rings. The second-order valence-electron chi connectivity index (χ2n) is 5.82. The normalized spacial score (nSPS) is 18.3. The smallest absolute Gasteiger partial charge is 0.151 e. The fourth-order valence-electron chi connectivity index (χ4n) is 2.96. The molecule has 4 heterocycles. The van der Waals surface area contributed by atoms with Crippen LogP contribution in [-0.4, -0.2) is 39.3 Å². The quantitative estimate of drug-likeness (QED) is 0.798. The van der Waals surface area contributed by atoms with Crippen LogP contribution in [0.25, 0.3) is 10.2 Å². The van der Waals surface area contributed by atoms with Crippen molar-refractivity contribution < 1.29 is 0 Å². The highest BCUT2D eigenvalue weighted by Crippen LogP contribution is 2.26. The minimum atomic E-state index is 0.352. The molecule has 1 N–H and O–H groups in total. The maximum Gasteiger partial charge on any atom is 0.151 e. The molecule has 7 heteroatoms. The SMILES string of the molecule is Cc1ccc(N2CCC[C@H](Nc3ncnc4sccc34)C2)nn1. The van der Waals surface area contributed by atoms with Crippen molar-refractivity contribution in [2.75, 3.05) is 23.3 Å². The highest BCUT2D eigenvalue weighted by molar-refractivity contribution is 7.16. The first-order valence-corrected chi connectivity index (χ1v) is 8.67.